The third-order valence-electron chi connectivity index (χ3n) is 10.8. The molecule has 0 heterocycles. The fourth-order valence-electron chi connectivity index (χ4n) is 6.34. The number of rotatable bonds is 42. The molecule has 0 rings (SSSR count). The van der Waals surface area contributed by atoms with E-state index in [1.807, 2.05) is 0 Å². The second-order valence-electron chi connectivity index (χ2n) is 16.6. The Morgan fingerprint density at radius 2 is 0.534 bits per heavy atom. The number of hydrogen-bond donors (Lipinski definition) is 6. The summed E-state index contributed by atoms with van der Waals surface area (Å²) in [6, 6.07) is 0. The van der Waals surface area contributed by atoms with Gasteiger partial charge in [-0.15, -0.1) is 0 Å². The van der Waals surface area contributed by atoms with Crippen molar-refractivity contribution in [3.8, 4) is 0 Å². The molecule has 0 amide bonds. The zero-order chi connectivity index (χ0) is 43.1. The molecule has 0 aromatic carbocycles. The minimum atomic E-state index is -1.16. The molecular weight excluding hydrogens is 794 g/mol. The van der Waals surface area contributed by atoms with Crippen molar-refractivity contribution in [2.75, 3.05) is 52.9 Å². The first-order chi connectivity index (χ1) is 27.6. The Bertz CT molecular complexity index is 730. The van der Waals surface area contributed by atoms with Crippen LogP contribution in [0.25, 0.3) is 0 Å². The predicted molar refractivity (Wildman–Crippen MR) is 227 cm³/mol. The third kappa shape index (κ3) is 46.4. The second kappa shape index (κ2) is 50.6. The van der Waals surface area contributed by atoms with Crippen molar-refractivity contribution in [1.82, 2.24) is 0 Å². The van der Waals surface area contributed by atoms with Crippen molar-refractivity contribution in [3.63, 3.8) is 0 Å². The molecule has 11 nitrogen and oxygen atoms in total. The number of ether oxygens (including phenoxy) is 1. The van der Waals surface area contributed by atoms with Gasteiger partial charge in [0.25, 0.3) is 0 Å². The molecule has 0 fully saturated rings. The van der Waals surface area contributed by atoms with Gasteiger partial charge in [-0.25, -0.2) is 0 Å². The van der Waals surface area contributed by atoms with Crippen LogP contribution in [0.3, 0.4) is 0 Å². The van der Waals surface area contributed by atoms with Gasteiger partial charge in [-0.2, -0.15) is 0 Å². The summed E-state index contributed by atoms with van der Waals surface area (Å²) in [6.07, 6.45) is 39.7. The monoisotopic (exact) mass is 885 g/mol. The largest absolute Gasteiger partial charge is 2.00 e. The number of carbonyl (C=O) groups is 2. The molecule has 0 aromatic rings. The Balaban J connectivity index is -0.000000375. The molecule has 0 unspecified atom stereocenters. The number of unbranched alkanes of at least 4 members (excludes halogenated alkanes) is 28. The Kier molecular flexibility index (Phi) is 55.8. The normalized spacial score (nSPS) is 11.3. The van der Waals surface area contributed by atoms with Crippen LogP contribution in [0.5, 0.6) is 0 Å². The van der Waals surface area contributed by atoms with E-state index in [4.69, 9.17) is 35.4 Å². The van der Waals surface area contributed by atoms with Crippen LogP contribution in [0.1, 0.15) is 219 Å². The first-order valence-electron chi connectivity index (χ1n) is 23.2. The first-order valence-corrected chi connectivity index (χ1v) is 23.2. The standard InChI is InChI=1S/2C18H36O2.C10H22O7.Zn/c2*1-2-3-4-5-6-7-8-9-10-11-12-13-14-15-16-17-18(19)20;11-1-9(2-12,3-13)7-17-8-10(4-14,5-15)6-16;/h2*2-17H2,1H3,(H,19,20);11-16H,1-8H2;/q;;;+2/p-2. The summed E-state index contributed by atoms with van der Waals surface area (Å²) in [5, 5.41) is 74.6. The van der Waals surface area contributed by atoms with Crippen LogP contribution in [-0.4, -0.2) is 95.4 Å². The van der Waals surface area contributed by atoms with E-state index >= 15 is 0 Å². The van der Waals surface area contributed by atoms with E-state index in [-0.39, 0.29) is 45.5 Å². The Hall–Kier alpha value is -0.717. The molecule has 0 aromatic heterocycles. The van der Waals surface area contributed by atoms with Crippen molar-refractivity contribution in [2.45, 2.75) is 219 Å². The molecule has 0 aliphatic rings. The summed E-state index contributed by atoms with van der Waals surface area (Å²) < 4.78 is 5.15. The number of aliphatic hydroxyl groups is 6. The SMILES string of the molecule is CCCCCCCCCCCCCCCCCC(=O)[O-].CCCCCCCCCCCCCCCCCC(=O)[O-].OCC(CO)(CO)COCC(CO)(CO)CO.[Zn+2]. The van der Waals surface area contributed by atoms with Gasteiger partial charge in [-0.3, -0.25) is 0 Å². The van der Waals surface area contributed by atoms with Gasteiger partial charge >= 0.3 is 19.5 Å². The summed E-state index contributed by atoms with van der Waals surface area (Å²) >= 11 is 0. The summed E-state index contributed by atoms with van der Waals surface area (Å²) in [4.78, 5) is 20.4. The number of hydrogen-bond acceptors (Lipinski definition) is 11. The molecule has 6 N–H and O–H groups in total. The van der Waals surface area contributed by atoms with E-state index in [1.165, 1.54) is 167 Å². The number of carboxylic acid groups (broad SMARTS) is 2. The van der Waals surface area contributed by atoms with Crippen molar-refractivity contribution >= 4 is 11.9 Å². The van der Waals surface area contributed by atoms with Crippen LogP contribution in [-0.2, 0) is 33.8 Å². The smallest absolute Gasteiger partial charge is 0.550 e. The summed E-state index contributed by atoms with van der Waals surface area (Å²) in [6.45, 7) is 1.53. The molecule has 0 saturated heterocycles. The Morgan fingerprint density at radius 1 is 0.362 bits per heavy atom. The Labute approximate surface area is 368 Å². The van der Waals surface area contributed by atoms with Gasteiger partial charge in [0.15, 0.2) is 0 Å². The number of aliphatic carboxylic acids is 2. The molecule has 12 heteroatoms. The fraction of sp³-hybridized carbons (Fsp3) is 0.957. The average Bonchev–Trinajstić information content (AvgIpc) is 3.21. The van der Waals surface area contributed by atoms with E-state index in [1.54, 1.807) is 0 Å². The van der Waals surface area contributed by atoms with Crippen molar-refractivity contribution < 1.29 is 74.7 Å². The molecular formula is C46H92O11Zn. The predicted octanol–water partition coefficient (Wildman–Crippen LogP) is 6.92. The van der Waals surface area contributed by atoms with Gasteiger partial charge in [0, 0.05) is 11.9 Å². The van der Waals surface area contributed by atoms with E-state index in [0.29, 0.717) is 0 Å². The van der Waals surface area contributed by atoms with E-state index in [9.17, 15) is 19.8 Å². The molecule has 344 valence electrons. The van der Waals surface area contributed by atoms with Gasteiger partial charge in [-0.1, -0.05) is 194 Å². The van der Waals surface area contributed by atoms with E-state index in [2.05, 4.69) is 13.8 Å². The first kappa shape index (κ1) is 63.9. The summed E-state index contributed by atoms with van der Waals surface area (Å²) in [5.74, 6) is -1.81. The summed E-state index contributed by atoms with van der Waals surface area (Å²) in [5.41, 5.74) is -2.32. The number of carbonyl (C=O) groups excluding carboxylic acids is 2. The number of aliphatic hydroxyl groups excluding tert-OH is 6. The molecule has 0 aliphatic heterocycles. The maximum absolute atomic E-state index is 10.2. The van der Waals surface area contributed by atoms with E-state index < -0.39 is 62.4 Å². The molecule has 0 radical (unpaired) electrons. The van der Waals surface area contributed by atoms with Gasteiger partial charge in [0.1, 0.15) is 0 Å². The van der Waals surface area contributed by atoms with Crippen LogP contribution >= 0.6 is 0 Å². The van der Waals surface area contributed by atoms with Crippen molar-refractivity contribution in [3.05, 3.63) is 0 Å². The maximum atomic E-state index is 10.2. The quantitative estimate of drug-likeness (QED) is 0.0274. The third-order valence-corrected chi connectivity index (χ3v) is 10.8. The van der Waals surface area contributed by atoms with Gasteiger partial charge in [0.05, 0.1) is 63.7 Å². The number of carboxylic acids is 2. The van der Waals surface area contributed by atoms with Crippen LogP contribution in [0.4, 0.5) is 0 Å². The van der Waals surface area contributed by atoms with Gasteiger partial charge in [-0.05, 0) is 25.7 Å². The zero-order valence-corrected chi connectivity index (χ0v) is 40.7. The van der Waals surface area contributed by atoms with Gasteiger partial charge in [0.2, 0.25) is 0 Å². The van der Waals surface area contributed by atoms with Crippen LogP contribution in [0, 0.1) is 10.8 Å². The maximum Gasteiger partial charge on any atom is 2.00 e. The van der Waals surface area contributed by atoms with Crippen LogP contribution < -0.4 is 10.2 Å². The van der Waals surface area contributed by atoms with Crippen molar-refractivity contribution in [2.24, 2.45) is 10.8 Å². The Morgan fingerprint density at radius 3 is 0.690 bits per heavy atom. The average molecular weight is 887 g/mol. The molecule has 58 heavy (non-hydrogen) atoms. The minimum Gasteiger partial charge on any atom is -0.550 e. The molecule has 0 spiro atoms. The topological polar surface area (TPSA) is 211 Å². The minimum absolute atomic E-state index is 0. The molecule has 0 bridgehead atoms. The second-order valence-corrected chi connectivity index (χ2v) is 16.6. The molecule has 0 saturated carbocycles. The fourth-order valence-corrected chi connectivity index (χ4v) is 6.34. The van der Waals surface area contributed by atoms with Crippen molar-refractivity contribution in [1.29, 1.82) is 0 Å². The zero-order valence-electron chi connectivity index (χ0n) is 37.7. The van der Waals surface area contributed by atoms with E-state index in [0.717, 1.165) is 25.7 Å². The van der Waals surface area contributed by atoms with Gasteiger partial charge < -0.3 is 55.2 Å². The summed E-state index contributed by atoms with van der Waals surface area (Å²) in [7, 11) is 0. The van der Waals surface area contributed by atoms with Crippen LogP contribution in [0.15, 0.2) is 0 Å². The van der Waals surface area contributed by atoms with Crippen LogP contribution in [0.2, 0.25) is 0 Å². The molecule has 0 atom stereocenters. The molecule has 0 aliphatic carbocycles.